The van der Waals surface area contributed by atoms with Gasteiger partial charge in [-0.1, -0.05) is 25.2 Å². The summed E-state index contributed by atoms with van der Waals surface area (Å²) < 4.78 is 47.0. The molecule has 2 aliphatic carbocycles. The van der Waals surface area contributed by atoms with E-state index in [9.17, 15) is 18.0 Å². The normalized spacial score (nSPS) is 28.3. The van der Waals surface area contributed by atoms with Crippen LogP contribution in [0.15, 0.2) is 23.8 Å². The smallest absolute Gasteiger partial charge is 0.444 e. The lowest BCUT2D eigenvalue weighted by Crippen LogP contribution is -2.64. The van der Waals surface area contributed by atoms with Gasteiger partial charge >= 0.3 is 12.5 Å². The topological polar surface area (TPSA) is 38.8 Å². The van der Waals surface area contributed by atoms with Gasteiger partial charge in [0.15, 0.2) is 0 Å². The summed E-state index contributed by atoms with van der Waals surface area (Å²) in [6, 6.07) is 0. The number of alkyl halides is 3. The van der Waals surface area contributed by atoms with E-state index in [2.05, 4.69) is 10.8 Å². The van der Waals surface area contributed by atoms with Crippen molar-refractivity contribution in [2.45, 2.75) is 65.0 Å². The first-order valence-corrected chi connectivity index (χ1v) is 9.47. The maximum absolute atomic E-state index is 12.5. The number of halogens is 3. The zero-order chi connectivity index (χ0) is 20.0. The van der Waals surface area contributed by atoms with Crippen molar-refractivity contribution in [3.8, 4) is 0 Å². The number of ether oxygens (including phenoxy) is 2. The first kappa shape index (κ1) is 20.2. The Kier molecular flexibility index (Phi) is 5.12. The second-order valence-electron chi connectivity index (χ2n) is 9.28. The number of likely N-dealkylation sites (tertiary alicyclic amines) is 1. The number of rotatable bonds is 2. The molecule has 0 aromatic carbocycles. The van der Waals surface area contributed by atoms with Gasteiger partial charge in [0.1, 0.15) is 5.60 Å². The molecule has 1 saturated heterocycles. The van der Waals surface area contributed by atoms with Crippen LogP contribution in [0.3, 0.4) is 0 Å². The summed E-state index contributed by atoms with van der Waals surface area (Å²) in [4.78, 5) is 13.8. The molecule has 4 nitrogen and oxygen atoms in total. The fourth-order valence-electron chi connectivity index (χ4n) is 4.35. The lowest BCUT2D eigenvalue weighted by molar-refractivity contribution is -0.337. The van der Waals surface area contributed by atoms with Gasteiger partial charge in [0, 0.05) is 18.5 Å². The fourth-order valence-corrected chi connectivity index (χ4v) is 4.35. The molecule has 0 aromatic heterocycles. The highest BCUT2D eigenvalue weighted by Gasteiger charge is 2.54. The Morgan fingerprint density at radius 1 is 1.22 bits per heavy atom. The Hall–Kier alpha value is -1.50. The second-order valence-corrected chi connectivity index (χ2v) is 9.28. The van der Waals surface area contributed by atoms with Gasteiger partial charge in [0.05, 0.1) is 6.10 Å². The van der Waals surface area contributed by atoms with Gasteiger partial charge in [0.25, 0.3) is 0 Å². The zero-order valence-corrected chi connectivity index (χ0v) is 16.3. The number of nitrogens with zero attached hydrogens (tertiary/aromatic N) is 1. The molecule has 1 saturated carbocycles. The summed E-state index contributed by atoms with van der Waals surface area (Å²) in [5, 5.41) is 0. The molecule has 0 aromatic rings. The van der Waals surface area contributed by atoms with E-state index >= 15 is 0 Å². The molecule has 27 heavy (non-hydrogen) atoms. The van der Waals surface area contributed by atoms with Gasteiger partial charge < -0.3 is 9.64 Å². The maximum atomic E-state index is 12.5. The summed E-state index contributed by atoms with van der Waals surface area (Å²) in [5.41, 5.74) is 0.744. The van der Waals surface area contributed by atoms with Crippen LogP contribution in [0.5, 0.6) is 0 Å². The number of carbonyl (C=O) groups is 1. The van der Waals surface area contributed by atoms with Crippen molar-refractivity contribution in [1.29, 1.82) is 0 Å². The minimum atomic E-state index is -4.61. The predicted molar refractivity (Wildman–Crippen MR) is 94.9 cm³/mol. The van der Waals surface area contributed by atoms with E-state index in [-0.39, 0.29) is 17.4 Å². The first-order valence-electron chi connectivity index (χ1n) is 9.47. The van der Waals surface area contributed by atoms with E-state index < -0.39 is 18.1 Å². The first-order chi connectivity index (χ1) is 12.3. The number of hydrogen-bond acceptors (Lipinski definition) is 3. The van der Waals surface area contributed by atoms with Crippen LogP contribution in [0.4, 0.5) is 18.0 Å². The number of amides is 1. The highest BCUT2D eigenvalue weighted by molar-refractivity contribution is 5.69. The van der Waals surface area contributed by atoms with Crippen molar-refractivity contribution >= 4 is 6.09 Å². The van der Waals surface area contributed by atoms with E-state index in [4.69, 9.17) is 4.74 Å². The summed E-state index contributed by atoms with van der Waals surface area (Å²) in [6.07, 6.45) is 1.81. The van der Waals surface area contributed by atoms with E-state index in [1.54, 1.807) is 11.0 Å². The Balaban J connectivity index is 1.51. The van der Waals surface area contributed by atoms with Crippen LogP contribution in [-0.4, -0.2) is 42.2 Å². The van der Waals surface area contributed by atoms with Crippen LogP contribution < -0.4 is 0 Å². The van der Waals surface area contributed by atoms with Crippen molar-refractivity contribution in [2.24, 2.45) is 17.3 Å². The molecule has 1 heterocycles. The lowest BCUT2D eigenvalue weighted by atomic mass is 9.56. The van der Waals surface area contributed by atoms with Gasteiger partial charge in [-0.2, -0.15) is 0 Å². The molecule has 7 heteroatoms. The summed E-state index contributed by atoms with van der Waals surface area (Å²) in [7, 11) is 0. The van der Waals surface area contributed by atoms with Crippen molar-refractivity contribution in [3.63, 3.8) is 0 Å². The van der Waals surface area contributed by atoms with Crippen LogP contribution in [0.2, 0.25) is 0 Å². The van der Waals surface area contributed by atoms with Gasteiger partial charge in [-0.3, -0.25) is 4.74 Å². The average Bonchev–Trinajstić information content (AvgIpc) is 2.53. The van der Waals surface area contributed by atoms with Crippen molar-refractivity contribution in [1.82, 2.24) is 4.90 Å². The minimum Gasteiger partial charge on any atom is -0.444 e. The standard InChI is InChI=1S/C20H28F3NO3/c1-13-7-14(5-6-16(8-13)26-20(21,22)23)15-9-19(10-15)11-24(12-19)17(25)27-18(2,3)4/h5-7,13,15-16H,8-12H2,1-4H3. The molecule has 2 atom stereocenters. The molecule has 3 aliphatic rings. The Morgan fingerprint density at radius 2 is 1.85 bits per heavy atom. The fraction of sp³-hybridized carbons (Fsp3) is 0.750. The number of allylic oxidation sites excluding steroid dienone is 3. The Labute approximate surface area is 158 Å². The van der Waals surface area contributed by atoms with Crippen LogP contribution in [0.25, 0.3) is 0 Å². The third-order valence-electron chi connectivity index (χ3n) is 5.40. The zero-order valence-electron chi connectivity index (χ0n) is 16.3. The molecule has 2 unspecified atom stereocenters. The molecule has 152 valence electrons. The Bertz CT molecular complexity index is 634. The van der Waals surface area contributed by atoms with Gasteiger partial charge in [-0.25, -0.2) is 4.79 Å². The van der Waals surface area contributed by atoms with Crippen molar-refractivity contribution in [3.05, 3.63) is 23.8 Å². The summed E-state index contributed by atoms with van der Waals surface area (Å²) >= 11 is 0. The van der Waals surface area contributed by atoms with Crippen molar-refractivity contribution in [2.75, 3.05) is 13.1 Å². The van der Waals surface area contributed by atoms with Gasteiger partial charge in [0.2, 0.25) is 0 Å². The third kappa shape index (κ3) is 5.06. The van der Waals surface area contributed by atoms with E-state index in [1.165, 1.54) is 6.08 Å². The maximum Gasteiger partial charge on any atom is 0.523 e. The number of hydrogen-bond donors (Lipinski definition) is 0. The largest absolute Gasteiger partial charge is 0.523 e. The SMILES string of the molecule is CC1C=C(C2CC3(C2)CN(C(=O)OC(C)(C)C)C3)C=CC(OC(F)(F)F)C1. The molecule has 1 aliphatic heterocycles. The molecule has 1 amide bonds. The van der Waals surface area contributed by atoms with Gasteiger partial charge in [-0.15, -0.1) is 13.2 Å². The highest BCUT2D eigenvalue weighted by Crippen LogP contribution is 2.55. The molecule has 3 rings (SSSR count). The third-order valence-corrected chi connectivity index (χ3v) is 5.40. The Morgan fingerprint density at radius 3 is 2.41 bits per heavy atom. The second kappa shape index (κ2) is 6.83. The molecule has 1 spiro atoms. The van der Waals surface area contributed by atoms with Crippen LogP contribution in [0.1, 0.15) is 47.0 Å². The van der Waals surface area contributed by atoms with E-state index in [1.807, 2.05) is 27.7 Å². The minimum absolute atomic E-state index is 0.0264. The van der Waals surface area contributed by atoms with Crippen LogP contribution in [-0.2, 0) is 9.47 Å². The predicted octanol–water partition coefficient (Wildman–Crippen LogP) is 5.06. The van der Waals surface area contributed by atoms with E-state index in [0.29, 0.717) is 25.4 Å². The summed E-state index contributed by atoms with van der Waals surface area (Å²) in [6.45, 7) is 8.86. The molecule has 0 bridgehead atoms. The monoisotopic (exact) mass is 387 g/mol. The molecule has 0 radical (unpaired) electrons. The number of carbonyl (C=O) groups excluding carboxylic acids is 1. The molecule has 0 N–H and O–H groups in total. The molecular weight excluding hydrogens is 359 g/mol. The molecule has 2 fully saturated rings. The van der Waals surface area contributed by atoms with Crippen molar-refractivity contribution < 1.29 is 27.4 Å². The van der Waals surface area contributed by atoms with Crippen LogP contribution >= 0.6 is 0 Å². The average molecular weight is 387 g/mol. The highest BCUT2D eigenvalue weighted by atomic mass is 19.4. The lowest BCUT2D eigenvalue weighted by Gasteiger charge is -2.59. The molecular formula is C20H28F3NO3. The van der Waals surface area contributed by atoms with E-state index in [0.717, 1.165) is 18.4 Å². The van der Waals surface area contributed by atoms with Crippen LogP contribution in [0, 0.1) is 17.3 Å². The summed E-state index contributed by atoms with van der Waals surface area (Å²) in [5.74, 6) is 0.368. The quantitative estimate of drug-likeness (QED) is 0.665. The van der Waals surface area contributed by atoms with Gasteiger partial charge in [-0.05, 0) is 57.4 Å².